The van der Waals surface area contributed by atoms with Crippen LogP contribution in [0.25, 0.3) is 0 Å². The highest BCUT2D eigenvalue weighted by atomic mass is 32.2. The largest absolute Gasteiger partial charge is 0.465 e. The molecule has 0 bridgehead atoms. The minimum Gasteiger partial charge on any atom is -0.465 e. The van der Waals surface area contributed by atoms with E-state index < -0.39 is 10.0 Å². The Morgan fingerprint density at radius 2 is 1.84 bits per heavy atom. The lowest BCUT2D eigenvalue weighted by Crippen LogP contribution is -2.23. The van der Waals surface area contributed by atoms with Gasteiger partial charge in [-0.15, -0.1) is 0 Å². The summed E-state index contributed by atoms with van der Waals surface area (Å²) in [6, 6.07) is 8.84. The van der Waals surface area contributed by atoms with Crippen LogP contribution in [0, 0.1) is 20.8 Å². The number of nitrogens with one attached hydrogen (secondary N) is 1. The van der Waals surface area contributed by atoms with Gasteiger partial charge in [-0.05, 0) is 44.5 Å². The molecule has 1 aromatic carbocycles. The number of hydrogen-bond acceptors (Lipinski definition) is 3. The molecule has 2 aromatic rings. The molecule has 0 aliphatic rings. The summed E-state index contributed by atoms with van der Waals surface area (Å²) < 4.78 is 32.3. The summed E-state index contributed by atoms with van der Waals surface area (Å²) in [5.41, 5.74) is 1.78. The van der Waals surface area contributed by atoms with Crippen molar-refractivity contribution >= 4 is 10.0 Å². The van der Waals surface area contributed by atoms with Gasteiger partial charge < -0.3 is 4.42 Å². The molecule has 0 saturated heterocycles. The summed E-state index contributed by atoms with van der Waals surface area (Å²) in [4.78, 5) is 0.307. The lowest BCUT2D eigenvalue weighted by Gasteiger charge is -2.09. The van der Waals surface area contributed by atoms with Gasteiger partial charge in [-0.1, -0.05) is 17.7 Å². The van der Waals surface area contributed by atoms with Gasteiger partial charge in [0.15, 0.2) is 0 Å². The van der Waals surface area contributed by atoms with Gasteiger partial charge in [-0.25, -0.2) is 13.1 Å². The molecule has 5 heteroatoms. The van der Waals surface area contributed by atoms with Crippen LogP contribution in [-0.4, -0.2) is 8.42 Å². The highest BCUT2D eigenvalue weighted by molar-refractivity contribution is 7.89. The van der Waals surface area contributed by atoms with Gasteiger partial charge >= 0.3 is 0 Å². The van der Waals surface area contributed by atoms with Crippen LogP contribution in [0.15, 0.2) is 39.6 Å². The average Bonchev–Trinajstić information content (AvgIpc) is 2.72. The van der Waals surface area contributed by atoms with Crippen LogP contribution in [0.5, 0.6) is 0 Å². The standard InChI is InChI=1S/C14H17NO3S/c1-10-4-7-14(11(2)8-10)19(16,17)15-9-13-6-5-12(3)18-13/h4-8,15H,9H2,1-3H3. The quantitative estimate of drug-likeness (QED) is 0.936. The second-order valence-electron chi connectivity index (χ2n) is 4.61. The zero-order chi connectivity index (χ0) is 14.0. The van der Waals surface area contributed by atoms with Crippen molar-refractivity contribution in [1.29, 1.82) is 0 Å². The summed E-state index contributed by atoms with van der Waals surface area (Å²) in [7, 11) is -3.51. The molecule has 19 heavy (non-hydrogen) atoms. The van der Waals surface area contributed by atoms with Crippen molar-refractivity contribution in [1.82, 2.24) is 4.72 Å². The second-order valence-corrected chi connectivity index (χ2v) is 6.34. The van der Waals surface area contributed by atoms with E-state index in [1.807, 2.05) is 19.9 Å². The van der Waals surface area contributed by atoms with Gasteiger partial charge in [0, 0.05) is 0 Å². The lowest BCUT2D eigenvalue weighted by atomic mass is 10.2. The molecule has 1 heterocycles. The molecule has 0 fully saturated rings. The van der Waals surface area contributed by atoms with Crippen molar-refractivity contribution in [3.8, 4) is 0 Å². The molecule has 0 aliphatic carbocycles. The predicted octanol–water partition coefficient (Wildman–Crippen LogP) is 2.68. The zero-order valence-electron chi connectivity index (χ0n) is 11.2. The van der Waals surface area contributed by atoms with Crippen LogP contribution in [0.4, 0.5) is 0 Å². The molecule has 1 N–H and O–H groups in total. The van der Waals surface area contributed by atoms with Crippen LogP contribution in [0.1, 0.15) is 22.6 Å². The van der Waals surface area contributed by atoms with Gasteiger partial charge in [0.25, 0.3) is 0 Å². The fourth-order valence-corrected chi connectivity index (χ4v) is 3.14. The van der Waals surface area contributed by atoms with Gasteiger partial charge in [-0.2, -0.15) is 0 Å². The Balaban J connectivity index is 2.18. The maximum atomic E-state index is 12.2. The number of rotatable bonds is 4. The van der Waals surface area contributed by atoms with Gasteiger partial charge in [0.05, 0.1) is 11.4 Å². The average molecular weight is 279 g/mol. The van der Waals surface area contributed by atoms with E-state index in [0.717, 1.165) is 16.9 Å². The molecule has 0 spiro atoms. The van der Waals surface area contributed by atoms with Crippen molar-refractivity contribution in [3.05, 3.63) is 53.0 Å². The number of hydrogen-bond donors (Lipinski definition) is 1. The van der Waals surface area contributed by atoms with Gasteiger partial charge in [0.1, 0.15) is 11.5 Å². The van der Waals surface area contributed by atoms with E-state index in [9.17, 15) is 8.42 Å². The van der Waals surface area contributed by atoms with E-state index in [2.05, 4.69) is 4.72 Å². The maximum absolute atomic E-state index is 12.2. The van der Waals surface area contributed by atoms with Gasteiger partial charge in [-0.3, -0.25) is 0 Å². The van der Waals surface area contributed by atoms with Crippen molar-refractivity contribution in [2.24, 2.45) is 0 Å². The third-order valence-electron chi connectivity index (χ3n) is 2.85. The van der Waals surface area contributed by atoms with E-state index in [-0.39, 0.29) is 6.54 Å². The van der Waals surface area contributed by atoms with Crippen LogP contribution in [-0.2, 0) is 16.6 Å². The van der Waals surface area contributed by atoms with E-state index in [4.69, 9.17) is 4.42 Å². The molecule has 0 unspecified atom stereocenters. The molecule has 0 aliphatic heterocycles. The Hall–Kier alpha value is -1.59. The molecule has 102 valence electrons. The Bertz CT molecular complexity index is 686. The summed E-state index contributed by atoms with van der Waals surface area (Å²) in [5, 5.41) is 0. The highest BCUT2D eigenvalue weighted by Crippen LogP contribution is 2.17. The summed E-state index contributed by atoms with van der Waals surface area (Å²) >= 11 is 0. The molecule has 4 nitrogen and oxygen atoms in total. The van der Waals surface area contributed by atoms with Crippen molar-refractivity contribution < 1.29 is 12.8 Å². The van der Waals surface area contributed by atoms with Crippen molar-refractivity contribution in [3.63, 3.8) is 0 Å². The number of sulfonamides is 1. The van der Waals surface area contributed by atoms with Crippen LogP contribution in [0.3, 0.4) is 0 Å². The topological polar surface area (TPSA) is 59.3 Å². The molecule has 0 atom stereocenters. The number of furan rings is 1. The first kappa shape index (κ1) is 13.8. The van der Waals surface area contributed by atoms with E-state index in [1.54, 1.807) is 31.2 Å². The van der Waals surface area contributed by atoms with Gasteiger partial charge in [0.2, 0.25) is 10.0 Å². The minimum atomic E-state index is -3.51. The number of aryl methyl sites for hydroxylation is 3. The molecular formula is C14H17NO3S. The molecule has 2 rings (SSSR count). The molecular weight excluding hydrogens is 262 g/mol. The summed E-state index contributed by atoms with van der Waals surface area (Å²) in [6.07, 6.45) is 0. The number of benzene rings is 1. The fraction of sp³-hybridized carbons (Fsp3) is 0.286. The SMILES string of the molecule is Cc1ccc(S(=O)(=O)NCc2ccc(C)o2)c(C)c1. The smallest absolute Gasteiger partial charge is 0.241 e. The summed E-state index contributed by atoms with van der Waals surface area (Å²) in [5.74, 6) is 1.37. The Labute approximate surface area is 113 Å². The third kappa shape index (κ3) is 3.24. The first-order valence-electron chi connectivity index (χ1n) is 6.01. The van der Waals surface area contributed by atoms with Crippen LogP contribution >= 0.6 is 0 Å². The highest BCUT2D eigenvalue weighted by Gasteiger charge is 2.16. The van der Waals surface area contributed by atoms with Crippen molar-refractivity contribution in [2.75, 3.05) is 0 Å². The Morgan fingerprint density at radius 1 is 1.11 bits per heavy atom. The fourth-order valence-electron chi connectivity index (χ4n) is 1.92. The first-order chi connectivity index (χ1) is 8.88. The monoisotopic (exact) mass is 279 g/mol. The van der Waals surface area contributed by atoms with E-state index in [0.29, 0.717) is 10.7 Å². The van der Waals surface area contributed by atoms with Crippen LogP contribution < -0.4 is 4.72 Å². The molecule has 1 aromatic heterocycles. The zero-order valence-corrected chi connectivity index (χ0v) is 12.0. The molecule has 0 amide bonds. The van der Waals surface area contributed by atoms with Crippen LogP contribution in [0.2, 0.25) is 0 Å². The lowest BCUT2D eigenvalue weighted by molar-refractivity contribution is 0.475. The predicted molar refractivity (Wildman–Crippen MR) is 73.4 cm³/mol. The summed E-state index contributed by atoms with van der Waals surface area (Å²) in [6.45, 7) is 5.70. The third-order valence-corrected chi connectivity index (χ3v) is 4.41. The van der Waals surface area contributed by atoms with E-state index >= 15 is 0 Å². The first-order valence-corrected chi connectivity index (χ1v) is 7.49. The molecule has 0 saturated carbocycles. The normalized spacial score (nSPS) is 11.7. The Kier molecular flexibility index (Phi) is 3.78. The minimum absolute atomic E-state index is 0.156. The second kappa shape index (κ2) is 5.19. The molecule has 0 radical (unpaired) electrons. The maximum Gasteiger partial charge on any atom is 0.241 e. The Morgan fingerprint density at radius 3 is 2.42 bits per heavy atom. The van der Waals surface area contributed by atoms with E-state index in [1.165, 1.54) is 0 Å². The van der Waals surface area contributed by atoms with Crippen molar-refractivity contribution in [2.45, 2.75) is 32.2 Å².